The van der Waals surface area contributed by atoms with E-state index in [1.807, 2.05) is 24.3 Å². The summed E-state index contributed by atoms with van der Waals surface area (Å²) in [5.41, 5.74) is 7.74. The lowest BCUT2D eigenvalue weighted by Gasteiger charge is -2.07. The van der Waals surface area contributed by atoms with E-state index >= 15 is 0 Å². The predicted molar refractivity (Wildman–Crippen MR) is 128 cm³/mol. The molecule has 3 aromatic heterocycles. The molecular formula is C25H21N5S. The highest BCUT2D eigenvalue weighted by Gasteiger charge is 2.12. The second-order valence-corrected chi connectivity index (χ2v) is 8.69. The minimum atomic E-state index is 0.662. The maximum absolute atomic E-state index is 9.01. The Morgan fingerprint density at radius 3 is 2.74 bits per heavy atom. The van der Waals surface area contributed by atoms with Gasteiger partial charge >= 0.3 is 0 Å². The molecule has 0 atom stereocenters. The van der Waals surface area contributed by atoms with Crippen LogP contribution in [0, 0.1) is 25.2 Å². The van der Waals surface area contributed by atoms with Crippen LogP contribution in [0.1, 0.15) is 22.4 Å². The van der Waals surface area contributed by atoms with Crippen molar-refractivity contribution in [2.45, 2.75) is 20.3 Å². The first-order valence-corrected chi connectivity index (χ1v) is 11.0. The Morgan fingerprint density at radius 2 is 1.94 bits per heavy atom. The number of para-hydroxylation sites is 1. The number of anilines is 1. The number of H-pyrrole nitrogens is 1. The van der Waals surface area contributed by atoms with E-state index in [1.165, 1.54) is 27.7 Å². The topological polar surface area (TPSA) is 77.4 Å². The van der Waals surface area contributed by atoms with Gasteiger partial charge in [-0.25, -0.2) is 9.97 Å². The summed E-state index contributed by atoms with van der Waals surface area (Å²) < 4.78 is 1.05. The van der Waals surface area contributed by atoms with Gasteiger partial charge in [0.05, 0.1) is 21.8 Å². The number of benzene rings is 2. The van der Waals surface area contributed by atoms with Gasteiger partial charge in [-0.05, 0) is 55.2 Å². The van der Waals surface area contributed by atoms with Crippen LogP contribution in [0.15, 0.2) is 54.9 Å². The van der Waals surface area contributed by atoms with Gasteiger partial charge in [0, 0.05) is 28.0 Å². The van der Waals surface area contributed by atoms with Crippen LogP contribution < -0.4 is 5.32 Å². The lowest BCUT2D eigenvalue weighted by atomic mass is 10.1. The van der Waals surface area contributed by atoms with E-state index in [0.717, 1.165) is 39.4 Å². The van der Waals surface area contributed by atoms with Crippen LogP contribution >= 0.6 is 11.3 Å². The quantitative estimate of drug-likeness (QED) is 0.364. The molecule has 0 fully saturated rings. The van der Waals surface area contributed by atoms with Crippen molar-refractivity contribution < 1.29 is 0 Å². The molecule has 6 heteroatoms. The molecular weight excluding hydrogens is 402 g/mol. The molecule has 31 heavy (non-hydrogen) atoms. The molecule has 5 rings (SSSR count). The molecule has 5 aromatic rings. The molecule has 0 radical (unpaired) electrons. The third kappa shape index (κ3) is 3.54. The summed E-state index contributed by atoms with van der Waals surface area (Å²) in [6.07, 6.45) is 2.52. The zero-order valence-electron chi connectivity index (χ0n) is 17.4. The summed E-state index contributed by atoms with van der Waals surface area (Å²) in [6, 6.07) is 18.3. The molecule has 0 saturated heterocycles. The van der Waals surface area contributed by atoms with Gasteiger partial charge in [-0.1, -0.05) is 30.3 Å². The first-order chi connectivity index (χ1) is 15.1. The third-order valence-corrected chi connectivity index (χ3v) is 6.82. The van der Waals surface area contributed by atoms with E-state index in [-0.39, 0.29) is 0 Å². The van der Waals surface area contributed by atoms with Crippen LogP contribution in [0.5, 0.6) is 0 Å². The average molecular weight is 424 g/mol. The molecule has 0 aliphatic carbocycles. The second kappa shape index (κ2) is 7.86. The van der Waals surface area contributed by atoms with Gasteiger partial charge in [0.15, 0.2) is 0 Å². The Balaban J connectivity index is 1.39. The van der Waals surface area contributed by atoms with Crippen LogP contribution in [-0.2, 0) is 6.42 Å². The van der Waals surface area contributed by atoms with Gasteiger partial charge in [-0.15, -0.1) is 11.3 Å². The summed E-state index contributed by atoms with van der Waals surface area (Å²) in [4.78, 5) is 13.6. The zero-order valence-corrected chi connectivity index (χ0v) is 18.2. The summed E-state index contributed by atoms with van der Waals surface area (Å²) in [5.74, 6) is 0.864. The Morgan fingerprint density at radius 1 is 1.10 bits per heavy atom. The van der Waals surface area contributed by atoms with Crippen LogP contribution in [0.4, 0.5) is 5.82 Å². The standard InChI is InChI=1S/C25H21N5S/c1-15-4-3-5-20-19(16(2)30-23(15)20)10-11-27-25-24-21(28-14-29-25)12-22(31-24)18-8-6-17(13-26)7-9-18/h3-9,12,14,30H,10-11H2,1-2H3,(H,27,28,29). The Hall–Kier alpha value is -3.69. The fourth-order valence-corrected chi connectivity index (χ4v) is 5.09. The number of nitrogens with one attached hydrogen (secondary N) is 2. The summed E-state index contributed by atoms with van der Waals surface area (Å²) in [6.45, 7) is 5.07. The number of nitrogens with zero attached hydrogens (tertiary/aromatic N) is 3. The summed E-state index contributed by atoms with van der Waals surface area (Å²) in [7, 11) is 0. The number of hydrogen-bond acceptors (Lipinski definition) is 5. The molecule has 0 spiro atoms. The number of aromatic amines is 1. The molecule has 0 bridgehead atoms. The molecule has 2 aromatic carbocycles. The maximum Gasteiger partial charge on any atom is 0.147 e. The number of hydrogen-bond donors (Lipinski definition) is 2. The smallest absolute Gasteiger partial charge is 0.147 e. The minimum Gasteiger partial charge on any atom is -0.368 e. The van der Waals surface area contributed by atoms with Crippen LogP contribution in [0.3, 0.4) is 0 Å². The SMILES string of the molecule is Cc1[nH]c2c(C)cccc2c1CCNc1ncnc2cc(-c3ccc(C#N)cc3)sc12. The van der Waals surface area contributed by atoms with Crippen molar-refractivity contribution in [1.82, 2.24) is 15.0 Å². The van der Waals surface area contributed by atoms with Gasteiger partial charge in [-0.3, -0.25) is 0 Å². The maximum atomic E-state index is 9.01. The lowest BCUT2D eigenvalue weighted by Crippen LogP contribution is -2.07. The second-order valence-electron chi connectivity index (χ2n) is 7.64. The monoisotopic (exact) mass is 423 g/mol. The summed E-state index contributed by atoms with van der Waals surface area (Å²) in [5, 5.41) is 13.8. The van der Waals surface area contributed by atoms with Crippen molar-refractivity contribution in [2.75, 3.05) is 11.9 Å². The molecule has 0 saturated carbocycles. The first-order valence-electron chi connectivity index (χ1n) is 10.2. The minimum absolute atomic E-state index is 0.662. The lowest BCUT2D eigenvalue weighted by molar-refractivity contribution is 0.999. The Labute approximate surface area is 184 Å². The highest BCUT2D eigenvalue weighted by Crippen LogP contribution is 2.35. The molecule has 0 aliphatic heterocycles. The third-order valence-electron chi connectivity index (χ3n) is 5.64. The highest BCUT2D eigenvalue weighted by molar-refractivity contribution is 7.22. The molecule has 152 valence electrons. The molecule has 0 amide bonds. The van der Waals surface area contributed by atoms with E-state index in [1.54, 1.807) is 17.7 Å². The first kappa shape index (κ1) is 19.3. The number of nitriles is 1. The van der Waals surface area contributed by atoms with Gasteiger partial charge in [0.2, 0.25) is 0 Å². The summed E-state index contributed by atoms with van der Waals surface area (Å²) >= 11 is 1.67. The van der Waals surface area contributed by atoms with E-state index in [9.17, 15) is 0 Å². The highest BCUT2D eigenvalue weighted by atomic mass is 32.1. The van der Waals surface area contributed by atoms with Crippen molar-refractivity contribution in [3.05, 3.63) is 77.2 Å². The number of aromatic nitrogens is 3. The van der Waals surface area contributed by atoms with E-state index in [4.69, 9.17) is 5.26 Å². The van der Waals surface area contributed by atoms with Crippen LogP contribution in [0.2, 0.25) is 0 Å². The van der Waals surface area contributed by atoms with Crippen LogP contribution in [0.25, 0.3) is 31.6 Å². The largest absolute Gasteiger partial charge is 0.368 e. The number of fused-ring (bicyclic) bond motifs is 2. The van der Waals surface area contributed by atoms with Gasteiger partial charge in [-0.2, -0.15) is 5.26 Å². The van der Waals surface area contributed by atoms with Gasteiger partial charge < -0.3 is 10.3 Å². The molecule has 2 N–H and O–H groups in total. The van der Waals surface area contributed by atoms with Gasteiger partial charge in [0.25, 0.3) is 0 Å². The molecule has 3 heterocycles. The van der Waals surface area contributed by atoms with Crippen molar-refractivity contribution in [3.63, 3.8) is 0 Å². The van der Waals surface area contributed by atoms with Gasteiger partial charge in [0.1, 0.15) is 12.1 Å². The van der Waals surface area contributed by atoms with Crippen molar-refractivity contribution in [1.29, 1.82) is 5.26 Å². The predicted octanol–water partition coefficient (Wildman–Crippen LogP) is 5.98. The van der Waals surface area contributed by atoms with E-state index in [0.29, 0.717) is 5.56 Å². The fraction of sp³-hybridized carbons (Fsp3) is 0.160. The molecule has 0 aliphatic rings. The Bertz CT molecular complexity index is 1440. The zero-order chi connectivity index (χ0) is 21.4. The fourth-order valence-electron chi connectivity index (χ4n) is 4.01. The Kier molecular flexibility index (Phi) is 4.89. The van der Waals surface area contributed by atoms with Crippen molar-refractivity contribution in [3.8, 4) is 16.5 Å². The van der Waals surface area contributed by atoms with Crippen molar-refractivity contribution in [2.24, 2.45) is 0 Å². The molecule has 0 unspecified atom stereocenters. The number of rotatable bonds is 5. The number of aryl methyl sites for hydroxylation is 2. The normalized spacial score (nSPS) is 11.1. The van der Waals surface area contributed by atoms with E-state index in [2.05, 4.69) is 64.5 Å². The average Bonchev–Trinajstić information content (AvgIpc) is 3.37. The van der Waals surface area contributed by atoms with Crippen LogP contribution in [-0.4, -0.2) is 21.5 Å². The van der Waals surface area contributed by atoms with E-state index < -0.39 is 0 Å². The van der Waals surface area contributed by atoms with Crippen molar-refractivity contribution >= 4 is 38.3 Å². The molecule has 5 nitrogen and oxygen atoms in total. The number of thiophene rings is 1.